The van der Waals surface area contributed by atoms with Crippen molar-refractivity contribution < 1.29 is 4.79 Å². The van der Waals surface area contributed by atoms with Crippen LogP contribution in [0.3, 0.4) is 0 Å². The van der Waals surface area contributed by atoms with Gasteiger partial charge in [-0.25, -0.2) is 0 Å². The lowest BCUT2D eigenvalue weighted by atomic mass is 9.84. The Kier molecular flexibility index (Phi) is 6.26. The van der Waals surface area contributed by atoms with E-state index in [9.17, 15) is 4.79 Å². The van der Waals surface area contributed by atoms with Crippen molar-refractivity contribution in [1.29, 1.82) is 0 Å². The Balaban J connectivity index is 0.00000220. The summed E-state index contributed by atoms with van der Waals surface area (Å²) < 4.78 is 1.06. The summed E-state index contributed by atoms with van der Waals surface area (Å²) in [5, 5.41) is 3.04. The van der Waals surface area contributed by atoms with Gasteiger partial charge in [0.15, 0.2) is 0 Å². The van der Waals surface area contributed by atoms with Crippen LogP contribution < -0.4 is 11.1 Å². The minimum Gasteiger partial charge on any atom is -0.354 e. The third-order valence-electron chi connectivity index (χ3n) is 4.26. The number of rotatable bonds is 4. The van der Waals surface area contributed by atoms with Crippen molar-refractivity contribution >= 4 is 34.2 Å². The van der Waals surface area contributed by atoms with E-state index in [-0.39, 0.29) is 23.7 Å². The van der Waals surface area contributed by atoms with E-state index < -0.39 is 5.54 Å². The van der Waals surface area contributed by atoms with Gasteiger partial charge in [0.25, 0.3) is 0 Å². The number of hydrogen-bond donors (Lipinski definition) is 2. The highest BCUT2D eigenvalue weighted by Gasteiger charge is 2.37. The van der Waals surface area contributed by atoms with Crippen LogP contribution in [0.5, 0.6) is 0 Å². The van der Waals surface area contributed by atoms with Gasteiger partial charge in [-0.05, 0) is 30.5 Å². The molecule has 118 valence electrons. The van der Waals surface area contributed by atoms with Crippen molar-refractivity contribution in [2.45, 2.75) is 50.5 Å². The number of carbonyl (C=O) groups excluding carboxylic acids is 1. The van der Waals surface area contributed by atoms with Gasteiger partial charge in [0, 0.05) is 16.4 Å². The molecule has 2 rings (SSSR count). The van der Waals surface area contributed by atoms with Gasteiger partial charge < -0.3 is 11.1 Å². The third-order valence-corrected chi connectivity index (χ3v) is 4.79. The van der Waals surface area contributed by atoms with Crippen LogP contribution in [0.1, 0.15) is 45.1 Å². The van der Waals surface area contributed by atoms with Crippen molar-refractivity contribution in [2.24, 2.45) is 5.73 Å². The normalized spacial score (nSPS) is 17.1. The maximum absolute atomic E-state index is 12.3. The van der Waals surface area contributed by atoms with Crippen LogP contribution >= 0.6 is 28.3 Å². The lowest BCUT2D eigenvalue weighted by molar-refractivity contribution is -0.126. The Morgan fingerprint density at radius 1 is 1.29 bits per heavy atom. The highest BCUT2D eigenvalue weighted by molar-refractivity contribution is 9.10. The summed E-state index contributed by atoms with van der Waals surface area (Å²) in [6, 6.07) is 8.23. The fourth-order valence-electron chi connectivity index (χ4n) is 2.71. The molecule has 1 fully saturated rings. The van der Waals surface area contributed by atoms with Crippen LogP contribution in [0.25, 0.3) is 0 Å². The standard InChI is InChI=1S/C16H23BrN2O.ClH/c1-15(2,12-5-7-13(17)8-6-12)11-19-14(20)16(18)9-3-4-10-16;/h5-8H,3-4,9-11,18H2,1-2H3,(H,19,20);1H. The summed E-state index contributed by atoms with van der Waals surface area (Å²) in [6.07, 6.45) is 3.72. The Bertz CT molecular complexity index is 482. The largest absolute Gasteiger partial charge is 0.354 e. The molecule has 0 aliphatic heterocycles. The van der Waals surface area contributed by atoms with E-state index in [1.165, 1.54) is 5.56 Å². The van der Waals surface area contributed by atoms with E-state index in [2.05, 4.69) is 47.2 Å². The maximum atomic E-state index is 12.3. The molecular weight excluding hydrogens is 352 g/mol. The molecule has 5 heteroatoms. The lowest BCUT2D eigenvalue weighted by Crippen LogP contribution is -2.53. The van der Waals surface area contributed by atoms with Crippen LogP contribution in [-0.4, -0.2) is 18.0 Å². The molecule has 0 heterocycles. The summed E-state index contributed by atoms with van der Waals surface area (Å²) in [7, 11) is 0. The second kappa shape index (κ2) is 7.12. The second-order valence-corrected chi connectivity index (χ2v) is 7.35. The molecule has 3 N–H and O–H groups in total. The zero-order valence-electron chi connectivity index (χ0n) is 12.6. The van der Waals surface area contributed by atoms with Gasteiger partial charge in [0.2, 0.25) is 5.91 Å². The van der Waals surface area contributed by atoms with Gasteiger partial charge in [-0.3, -0.25) is 4.79 Å². The molecule has 21 heavy (non-hydrogen) atoms. The molecule has 0 aromatic heterocycles. The average Bonchev–Trinajstić information content (AvgIpc) is 2.85. The molecule has 1 aliphatic carbocycles. The highest BCUT2D eigenvalue weighted by Crippen LogP contribution is 2.28. The fraction of sp³-hybridized carbons (Fsp3) is 0.562. The SMILES string of the molecule is CC(C)(CNC(=O)C1(N)CCCC1)c1ccc(Br)cc1.Cl. The molecule has 0 atom stereocenters. The summed E-state index contributed by atoms with van der Waals surface area (Å²) in [5.41, 5.74) is 6.63. The predicted octanol–water partition coefficient (Wildman–Crippen LogP) is 3.54. The lowest BCUT2D eigenvalue weighted by Gasteiger charge is -2.29. The molecule has 0 unspecified atom stereocenters. The van der Waals surface area contributed by atoms with Crippen molar-refractivity contribution in [2.75, 3.05) is 6.54 Å². The van der Waals surface area contributed by atoms with Crippen LogP contribution in [0.2, 0.25) is 0 Å². The first-order valence-electron chi connectivity index (χ1n) is 7.17. The fourth-order valence-corrected chi connectivity index (χ4v) is 2.98. The van der Waals surface area contributed by atoms with Gasteiger partial charge in [0.1, 0.15) is 0 Å². The second-order valence-electron chi connectivity index (χ2n) is 6.44. The predicted molar refractivity (Wildman–Crippen MR) is 92.8 cm³/mol. The van der Waals surface area contributed by atoms with Crippen LogP contribution in [0.4, 0.5) is 0 Å². The Hall–Kier alpha value is -0.580. The minimum atomic E-state index is -0.643. The molecule has 0 bridgehead atoms. The first-order valence-corrected chi connectivity index (χ1v) is 7.96. The van der Waals surface area contributed by atoms with Crippen molar-refractivity contribution in [3.05, 3.63) is 34.3 Å². The van der Waals surface area contributed by atoms with E-state index >= 15 is 0 Å². The van der Waals surface area contributed by atoms with Gasteiger partial charge >= 0.3 is 0 Å². The number of halogens is 2. The molecule has 1 aliphatic rings. The first kappa shape index (κ1) is 18.5. The molecule has 1 amide bonds. The number of amides is 1. The molecule has 1 aromatic carbocycles. The highest BCUT2D eigenvalue weighted by atomic mass is 79.9. The average molecular weight is 376 g/mol. The number of nitrogens with one attached hydrogen (secondary N) is 1. The molecule has 1 aromatic rings. The zero-order valence-corrected chi connectivity index (χ0v) is 15.0. The topological polar surface area (TPSA) is 55.1 Å². The van der Waals surface area contributed by atoms with Gasteiger partial charge in [-0.2, -0.15) is 0 Å². The number of nitrogens with two attached hydrogens (primary N) is 1. The van der Waals surface area contributed by atoms with E-state index in [1.54, 1.807) is 0 Å². The smallest absolute Gasteiger partial charge is 0.240 e. The monoisotopic (exact) mass is 374 g/mol. The minimum absolute atomic E-state index is 0. The Morgan fingerprint density at radius 2 is 1.81 bits per heavy atom. The van der Waals surface area contributed by atoms with Crippen LogP contribution in [0, 0.1) is 0 Å². The molecule has 3 nitrogen and oxygen atoms in total. The summed E-state index contributed by atoms with van der Waals surface area (Å²) in [5.74, 6) is 0.000173. The van der Waals surface area contributed by atoms with Crippen LogP contribution in [0.15, 0.2) is 28.7 Å². The molecule has 0 radical (unpaired) electrons. The number of hydrogen-bond acceptors (Lipinski definition) is 2. The van der Waals surface area contributed by atoms with E-state index in [1.807, 2.05) is 12.1 Å². The maximum Gasteiger partial charge on any atom is 0.240 e. The van der Waals surface area contributed by atoms with E-state index in [0.29, 0.717) is 6.54 Å². The molecule has 0 spiro atoms. The Morgan fingerprint density at radius 3 is 2.33 bits per heavy atom. The first-order chi connectivity index (χ1) is 9.33. The summed E-state index contributed by atoms with van der Waals surface area (Å²) in [4.78, 5) is 12.3. The van der Waals surface area contributed by atoms with Crippen molar-refractivity contribution in [1.82, 2.24) is 5.32 Å². The number of benzene rings is 1. The van der Waals surface area contributed by atoms with Crippen LogP contribution in [-0.2, 0) is 10.2 Å². The van der Waals surface area contributed by atoms with Gasteiger partial charge in [0.05, 0.1) is 5.54 Å². The Labute approximate surface area is 141 Å². The van der Waals surface area contributed by atoms with E-state index in [0.717, 1.165) is 30.2 Å². The molecule has 0 saturated heterocycles. The third kappa shape index (κ3) is 4.44. The zero-order chi connectivity index (χ0) is 14.8. The van der Waals surface area contributed by atoms with Crippen molar-refractivity contribution in [3.63, 3.8) is 0 Å². The summed E-state index contributed by atoms with van der Waals surface area (Å²) >= 11 is 3.44. The quantitative estimate of drug-likeness (QED) is 0.845. The van der Waals surface area contributed by atoms with E-state index in [4.69, 9.17) is 5.73 Å². The molecular formula is C16H24BrClN2O. The van der Waals surface area contributed by atoms with Crippen molar-refractivity contribution in [3.8, 4) is 0 Å². The number of carbonyl (C=O) groups is 1. The summed E-state index contributed by atoms with van der Waals surface area (Å²) in [6.45, 7) is 4.87. The van der Waals surface area contributed by atoms with Gasteiger partial charge in [-0.1, -0.05) is 54.8 Å². The molecule has 1 saturated carbocycles. The van der Waals surface area contributed by atoms with Gasteiger partial charge in [-0.15, -0.1) is 12.4 Å².